The zero-order valence-corrected chi connectivity index (χ0v) is 29.1. The number of likely N-dealkylation sites (N-methyl/N-ethyl adjacent to an activating group) is 1. The maximum absolute atomic E-state index is 12.7. The molecule has 1 amide bonds. The Balaban J connectivity index is 4.52. The molecule has 3 N–H and O–H groups in total. The van der Waals surface area contributed by atoms with Gasteiger partial charge in [0, 0.05) is 6.42 Å². The lowest BCUT2D eigenvalue weighted by Gasteiger charge is -2.26. The van der Waals surface area contributed by atoms with Crippen LogP contribution in [0.5, 0.6) is 0 Å². The van der Waals surface area contributed by atoms with Crippen LogP contribution in [0, 0.1) is 0 Å². The highest BCUT2D eigenvalue weighted by Gasteiger charge is 2.28. The predicted molar refractivity (Wildman–Crippen MR) is 175 cm³/mol. The minimum atomic E-state index is -4.29. The molecule has 0 fully saturated rings. The fourth-order valence-corrected chi connectivity index (χ4v) is 5.72. The van der Waals surface area contributed by atoms with E-state index in [-0.39, 0.29) is 19.1 Å². The number of nitrogens with one attached hydrogen (secondary N) is 1. The van der Waals surface area contributed by atoms with Gasteiger partial charge in [0.15, 0.2) is 0 Å². The van der Waals surface area contributed by atoms with Crippen molar-refractivity contribution in [1.82, 2.24) is 5.32 Å². The number of nitrogens with zero attached hydrogens (tertiary/aromatic N) is 1. The molecule has 0 radical (unpaired) electrons. The van der Waals surface area contributed by atoms with Gasteiger partial charge in [-0.3, -0.25) is 13.8 Å². The van der Waals surface area contributed by atoms with Gasteiger partial charge in [0.1, 0.15) is 13.2 Å². The van der Waals surface area contributed by atoms with Crippen LogP contribution in [-0.2, 0) is 18.4 Å². The maximum atomic E-state index is 12.7. The Morgan fingerprint density at radius 1 is 0.714 bits per heavy atom. The summed E-state index contributed by atoms with van der Waals surface area (Å²) < 4.78 is 23.4. The highest BCUT2D eigenvalue weighted by atomic mass is 31.2. The number of phosphoric ester groups is 1. The molecule has 0 bridgehead atoms. The van der Waals surface area contributed by atoms with Crippen molar-refractivity contribution in [1.29, 1.82) is 0 Å². The normalized spacial score (nSPS) is 14.9. The summed E-state index contributed by atoms with van der Waals surface area (Å²) in [5, 5.41) is 13.8. The van der Waals surface area contributed by atoms with E-state index in [1.54, 1.807) is 0 Å². The van der Waals surface area contributed by atoms with E-state index < -0.39 is 20.0 Å². The minimum Gasteiger partial charge on any atom is -0.391 e. The monoisotopic (exact) mass is 621 g/mol. The van der Waals surface area contributed by atoms with E-state index in [1.165, 1.54) is 89.9 Å². The number of hydrogen-bond donors (Lipinski definition) is 3. The summed E-state index contributed by atoms with van der Waals surface area (Å²) in [6.07, 6.45) is 24.1. The van der Waals surface area contributed by atoms with Crippen LogP contribution in [0.3, 0.4) is 0 Å². The first-order valence-electron chi connectivity index (χ1n) is 17.4. The first kappa shape index (κ1) is 41.5. The fourth-order valence-electron chi connectivity index (χ4n) is 4.98. The zero-order chi connectivity index (χ0) is 31.5. The van der Waals surface area contributed by atoms with Crippen LogP contribution < -0.4 is 5.32 Å². The second-order valence-corrected chi connectivity index (χ2v) is 14.7. The van der Waals surface area contributed by atoms with Crippen LogP contribution >= 0.6 is 7.82 Å². The van der Waals surface area contributed by atoms with Gasteiger partial charge in [-0.1, -0.05) is 136 Å². The average molecular weight is 622 g/mol. The largest absolute Gasteiger partial charge is 0.472 e. The molecule has 0 rings (SSSR count). The van der Waals surface area contributed by atoms with E-state index in [2.05, 4.69) is 19.2 Å². The van der Waals surface area contributed by atoms with Gasteiger partial charge in [-0.05, 0) is 12.8 Å². The lowest BCUT2D eigenvalue weighted by atomic mass is 10.0. The Morgan fingerprint density at radius 2 is 1.14 bits per heavy atom. The zero-order valence-electron chi connectivity index (χ0n) is 28.3. The smallest absolute Gasteiger partial charge is 0.391 e. The molecule has 42 heavy (non-hydrogen) atoms. The summed E-state index contributed by atoms with van der Waals surface area (Å²) in [5.41, 5.74) is 0. The Labute approximate surface area is 259 Å². The van der Waals surface area contributed by atoms with Gasteiger partial charge in [0.2, 0.25) is 5.91 Å². The van der Waals surface area contributed by atoms with Gasteiger partial charge in [-0.25, -0.2) is 4.57 Å². The van der Waals surface area contributed by atoms with Crippen LogP contribution in [-0.4, -0.2) is 73.4 Å². The lowest BCUT2D eigenvalue weighted by molar-refractivity contribution is -0.870. The second kappa shape index (κ2) is 26.9. The van der Waals surface area contributed by atoms with Gasteiger partial charge in [0.25, 0.3) is 0 Å². The van der Waals surface area contributed by atoms with Crippen molar-refractivity contribution in [3.05, 3.63) is 0 Å². The number of unbranched alkanes of at least 4 members (excludes halogenated alkanes) is 18. The quantitative estimate of drug-likeness (QED) is 0.0409. The van der Waals surface area contributed by atoms with E-state index in [0.29, 0.717) is 23.9 Å². The molecule has 252 valence electrons. The van der Waals surface area contributed by atoms with Crippen LogP contribution in [0.4, 0.5) is 0 Å². The van der Waals surface area contributed by atoms with Crippen molar-refractivity contribution < 1.29 is 32.9 Å². The summed E-state index contributed by atoms with van der Waals surface area (Å²) in [7, 11) is 1.62. The highest BCUT2D eigenvalue weighted by Crippen LogP contribution is 2.43. The molecule has 1 unspecified atom stereocenters. The molecule has 0 saturated carbocycles. The number of aliphatic hydroxyl groups is 1. The molecule has 9 heteroatoms. The molecule has 0 aliphatic rings. The molecule has 0 saturated heterocycles. The van der Waals surface area contributed by atoms with Crippen LogP contribution in [0.15, 0.2) is 0 Å². The number of aliphatic hydroxyl groups excluding tert-OH is 1. The molecule has 8 nitrogen and oxygen atoms in total. The van der Waals surface area contributed by atoms with E-state index in [9.17, 15) is 19.4 Å². The third-order valence-electron chi connectivity index (χ3n) is 7.86. The van der Waals surface area contributed by atoms with E-state index >= 15 is 0 Å². The number of quaternary nitrogens is 1. The molecular formula is C33H70N2O6P+. The Hall–Kier alpha value is -0.500. The second-order valence-electron chi connectivity index (χ2n) is 13.3. The number of hydrogen-bond acceptors (Lipinski definition) is 5. The van der Waals surface area contributed by atoms with Crippen LogP contribution in [0.2, 0.25) is 0 Å². The fraction of sp³-hybridized carbons (Fsp3) is 0.970. The SMILES string of the molecule is CCCCCCCCCCCCC[C@@H](O)[C@H](COP(=O)(O)OCC[N+](C)(C)C)NC(=O)CCCCCCCCCCC. The molecule has 0 aromatic carbocycles. The van der Waals surface area contributed by atoms with Gasteiger partial charge >= 0.3 is 7.82 Å². The van der Waals surface area contributed by atoms with Crippen molar-refractivity contribution in [3.8, 4) is 0 Å². The maximum Gasteiger partial charge on any atom is 0.472 e. The molecule has 0 spiro atoms. The summed E-state index contributed by atoms with van der Waals surface area (Å²) in [4.78, 5) is 22.8. The third-order valence-corrected chi connectivity index (χ3v) is 8.84. The number of carbonyl (C=O) groups is 1. The molecule has 0 aromatic heterocycles. The van der Waals surface area contributed by atoms with Crippen LogP contribution in [0.1, 0.15) is 155 Å². The molecule has 3 atom stereocenters. The molecule has 0 aromatic rings. The first-order valence-corrected chi connectivity index (χ1v) is 18.9. The van der Waals surface area contributed by atoms with E-state index in [4.69, 9.17) is 9.05 Å². The van der Waals surface area contributed by atoms with Crippen molar-refractivity contribution in [2.45, 2.75) is 167 Å². The highest BCUT2D eigenvalue weighted by molar-refractivity contribution is 7.47. The van der Waals surface area contributed by atoms with Crippen LogP contribution in [0.25, 0.3) is 0 Å². The van der Waals surface area contributed by atoms with E-state index in [0.717, 1.165) is 38.5 Å². The van der Waals surface area contributed by atoms with Crippen molar-refractivity contribution in [2.24, 2.45) is 0 Å². The van der Waals surface area contributed by atoms with Gasteiger partial charge in [-0.2, -0.15) is 0 Å². The Morgan fingerprint density at radius 3 is 1.60 bits per heavy atom. The Kier molecular flexibility index (Phi) is 26.5. The third kappa shape index (κ3) is 28.3. The summed E-state index contributed by atoms with van der Waals surface area (Å²) >= 11 is 0. The topological polar surface area (TPSA) is 105 Å². The molecule has 0 aliphatic carbocycles. The molecular weight excluding hydrogens is 551 g/mol. The number of phosphoric acid groups is 1. The summed E-state index contributed by atoms with van der Waals surface area (Å²) in [6, 6.07) is -0.748. The molecule has 0 heterocycles. The van der Waals surface area contributed by atoms with Gasteiger partial charge < -0.3 is 19.8 Å². The summed E-state index contributed by atoms with van der Waals surface area (Å²) in [5.74, 6) is -0.150. The predicted octanol–water partition coefficient (Wildman–Crippen LogP) is 8.29. The van der Waals surface area contributed by atoms with E-state index in [1.807, 2.05) is 21.1 Å². The van der Waals surface area contributed by atoms with Gasteiger partial charge in [0.05, 0.1) is 39.9 Å². The number of rotatable bonds is 31. The number of amides is 1. The number of carbonyl (C=O) groups excluding carboxylic acids is 1. The average Bonchev–Trinajstić information content (AvgIpc) is 2.92. The molecule has 0 aliphatic heterocycles. The van der Waals surface area contributed by atoms with Gasteiger partial charge in [-0.15, -0.1) is 0 Å². The van der Waals surface area contributed by atoms with Crippen molar-refractivity contribution >= 4 is 13.7 Å². The summed E-state index contributed by atoms with van der Waals surface area (Å²) in [6.45, 7) is 4.83. The minimum absolute atomic E-state index is 0.0776. The van der Waals surface area contributed by atoms with Crippen molar-refractivity contribution in [2.75, 3.05) is 40.9 Å². The lowest BCUT2D eigenvalue weighted by Crippen LogP contribution is -2.46. The standard InChI is InChI=1S/C33H69N2O6P/c1-6-8-10-12-14-16-17-19-20-22-24-26-32(36)31(30-41-42(38,39)40-29-28-35(3,4)5)34-33(37)27-25-23-21-18-15-13-11-9-7-2/h31-32,36H,6-30H2,1-5H3,(H-,34,37,38,39)/p+1/t31-,32+/m0/s1. The Bertz CT molecular complexity index is 673. The van der Waals surface area contributed by atoms with Crippen molar-refractivity contribution in [3.63, 3.8) is 0 Å². The first-order chi connectivity index (χ1) is 20.0.